The number of hydrogen-bond acceptors (Lipinski definition) is 4. The van der Waals surface area contributed by atoms with Gasteiger partial charge in [-0.05, 0) is 37.1 Å². The van der Waals surface area contributed by atoms with Crippen LogP contribution in [0.3, 0.4) is 0 Å². The third-order valence-electron chi connectivity index (χ3n) is 2.74. The average molecular weight is 293 g/mol. The van der Waals surface area contributed by atoms with Crippen LogP contribution in [0.2, 0.25) is 0 Å². The van der Waals surface area contributed by atoms with Crippen LogP contribution in [0.4, 0.5) is 5.69 Å². The second-order valence-electron chi connectivity index (χ2n) is 4.46. The number of rotatable bonds is 7. The number of amides is 1. The van der Waals surface area contributed by atoms with Gasteiger partial charge in [-0.25, -0.2) is 4.79 Å². The molecular formula is C13H19N5O3. The molecule has 1 rings (SSSR count). The van der Waals surface area contributed by atoms with Crippen LogP contribution in [0.5, 0.6) is 0 Å². The molecular weight excluding hydrogens is 274 g/mol. The molecule has 8 N–H and O–H groups in total. The topological polar surface area (TPSA) is 154 Å². The molecule has 0 radical (unpaired) electrons. The van der Waals surface area contributed by atoms with Gasteiger partial charge in [0.15, 0.2) is 5.96 Å². The monoisotopic (exact) mass is 293 g/mol. The van der Waals surface area contributed by atoms with E-state index in [0.29, 0.717) is 25.1 Å². The highest BCUT2D eigenvalue weighted by Crippen LogP contribution is 2.10. The first kappa shape index (κ1) is 16.4. The molecule has 0 unspecified atom stereocenters. The van der Waals surface area contributed by atoms with Crippen molar-refractivity contribution in [3.63, 3.8) is 0 Å². The number of carboxylic acid groups (broad SMARTS) is 1. The summed E-state index contributed by atoms with van der Waals surface area (Å²) in [7, 11) is 0. The van der Waals surface area contributed by atoms with Crippen molar-refractivity contribution in [3.8, 4) is 0 Å². The maximum Gasteiger partial charge on any atom is 0.335 e. The first-order valence-electron chi connectivity index (χ1n) is 6.38. The summed E-state index contributed by atoms with van der Waals surface area (Å²) < 4.78 is 0. The number of nitrogens with one attached hydrogen (secondary N) is 3. The molecule has 1 aromatic rings. The van der Waals surface area contributed by atoms with Gasteiger partial charge in [0.25, 0.3) is 0 Å². The number of anilines is 1. The van der Waals surface area contributed by atoms with E-state index in [1.54, 1.807) is 0 Å². The highest BCUT2D eigenvalue weighted by atomic mass is 16.4. The van der Waals surface area contributed by atoms with Gasteiger partial charge in [0.2, 0.25) is 5.91 Å². The lowest BCUT2D eigenvalue weighted by molar-refractivity contribution is -0.117. The van der Waals surface area contributed by atoms with E-state index >= 15 is 0 Å². The Morgan fingerprint density at radius 3 is 2.43 bits per heavy atom. The number of nitrogens with two attached hydrogens (primary N) is 2. The van der Waals surface area contributed by atoms with E-state index in [1.165, 1.54) is 24.3 Å². The van der Waals surface area contributed by atoms with Crippen molar-refractivity contribution in [2.45, 2.75) is 18.9 Å². The molecule has 0 saturated carbocycles. The number of carbonyl (C=O) groups is 2. The summed E-state index contributed by atoms with van der Waals surface area (Å²) in [5.74, 6) is -1.49. The van der Waals surface area contributed by atoms with Crippen molar-refractivity contribution in [3.05, 3.63) is 29.8 Å². The Labute approximate surface area is 122 Å². The molecule has 114 valence electrons. The number of carbonyl (C=O) groups excluding carboxylic acids is 1. The van der Waals surface area contributed by atoms with E-state index in [9.17, 15) is 9.59 Å². The highest BCUT2D eigenvalue weighted by Gasteiger charge is 2.13. The maximum absolute atomic E-state index is 11.8. The molecule has 0 aliphatic rings. The summed E-state index contributed by atoms with van der Waals surface area (Å²) in [5.41, 5.74) is 11.5. The van der Waals surface area contributed by atoms with Crippen molar-refractivity contribution in [2.75, 3.05) is 11.9 Å². The fourth-order valence-corrected chi connectivity index (χ4v) is 1.61. The van der Waals surface area contributed by atoms with Crippen LogP contribution in [0.15, 0.2) is 24.3 Å². The normalized spacial score (nSPS) is 11.5. The van der Waals surface area contributed by atoms with E-state index in [0.717, 1.165) is 0 Å². The Kier molecular flexibility index (Phi) is 6.15. The van der Waals surface area contributed by atoms with Gasteiger partial charge in [0.05, 0.1) is 11.6 Å². The number of benzene rings is 1. The van der Waals surface area contributed by atoms with Crippen molar-refractivity contribution >= 4 is 23.5 Å². The zero-order chi connectivity index (χ0) is 15.8. The summed E-state index contributed by atoms with van der Waals surface area (Å²) >= 11 is 0. The molecule has 0 spiro atoms. The quantitative estimate of drug-likeness (QED) is 0.234. The molecule has 0 saturated heterocycles. The third-order valence-corrected chi connectivity index (χ3v) is 2.74. The fourth-order valence-electron chi connectivity index (χ4n) is 1.61. The standard InChI is InChI=1S/C13H19N5O3/c14-10(2-1-7-17-13(15)16)11(19)18-9-5-3-8(4-6-9)12(20)21/h3-6,10H,1-2,7,14H2,(H,18,19)(H,20,21)(H4,15,16,17)/t10-/m0/s1. The summed E-state index contributed by atoms with van der Waals surface area (Å²) in [6.07, 6.45) is 1.05. The second-order valence-corrected chi connectivity index (χ2v) is 4.46. The molecule has 8 heteroatoms. The predicted molar refractivity (Wildman–Crippen MR) is 79.2 cm³/mol. The summed E-state index contributed by atoms with van der Waals surface area (Å²) in [6.45, 7) is 0.476. The molecule has 1 amide bonds. The smallest absolute Gasteiger partial charge is 0.335 e. The molecule has 0 bridgehead atoms. The van der Waals surface area contributed by atoms with Crippen LogP contribution < -0.4 is 22.1 Å². The Bertz CT molecular complexity index is 515. The molecule has 1 atom stereocenters. The highest BCUT2D eigenvalue weighted by molar-refractivity contribution is 5.95. The minimum atomic E-state index is -1.03. The van der Waals surface area contributed by atoms with Crippen molar-refractivity contribution in [1.82, 2.24) is 5.32 Å². The van der Waals surface area contributed by atoms with Gasteiger partial charge in [-0.15, -0.1) is 0 Å². The maximum atomic E-state index is 11.8. The lowest BCUT2D eigenvalue weighted by Gasteiger charge is -2.12. The van der Waals surface area contributed by atoms with Crippen LogP contribution in [0.1, 0.15) is 23.2 Å². The Morgan fingerprint density at radius 1 is 1.29 bits per heavy atom. The lowest BCUT2D eigenvalue weighted by atomic mass is 10.1. The van der Waals surface area contributed by atoms with Crippen LogP contribution in [0.25, 0.3) is 0 Å². The summed E-state index contributed by atoms with van der Waals surface area (Å²) in [5, 5.41) is 21.0. The van der Waals surface area contributed by atoms with Crippen LogP contribution in [-0.4, -0.2) is 35.5 Å². The largest absolute Gasteiger partial charge is 0.478 e. The van der Waals surface area contributed by atoms with E-state index in [4.69, 9.17) is 22.0 Å². The third kappa shape index (κ3) is 5.91. The molecule has 21 heavy (non-hydrogen) atoms. The van der Waals surface area contributed by atoms with E-state index in [1.807, 2.05) is 0 Å². The van der Waals surface area contributed by atoms with Gasteiger partial charge < -0.3 is 27.2 Å². The Hall–Kier alpha value is -2.61. The van der Waals surface area contributed by atoms with Crippen LogP contribution in [0, 0.1) is 5.41 Å². The summed E-state index contributed by atoms with van der Waals surface area (Å²) in [4.78, 5) is 22.5. The number of hydrogen-bond donors (Lipinski definition) is 6. The number of guanidine groups is 1. The van der Waals surface area contributed by atoms with Crippen LogP contribution in [-0.2, 0) is 4.79 Å². The second kappa shape index (κ2) is 7.85. The van der Waals surface area contributed by atoms with Gasteiger partial charge in [-0.2, -0.15) is 0 Å². The summed E-state index contributed by atoms with van der Waals surface area (Å²) in [6, 6.07) is 5.13. The van der Waals surface area contributed by atoms with Gasteiger partial charge >= 0.3 is 5.97 Å². The number of carboxylic acids is 1. The van der Waals surface area contributed by atoms with Crippen molar-refractivity contribution < 1.29 is 14.7 Å². The molecule has 0 fully saturated rings. The number of aromatic carboxylic acids is 1. The lowest BCUT2D eigenvalue weighted by Crippen LogP contribution is -2.37. The van der Waals surface area contributed by atoms with Gasteiger partial charge in [0.1, 0.15) is 0 Å². The van der Waals surface area contributed by atoms with Crippen molar-refractivity contribution in [2.24, 2.45) is 11.5 Å². The van der Waals surface area contributed by atoms with E-state index in [2.05, 4.69) is 10.6 Å². The van der Waals surface area contributed by atoms with Crippen LogP contribution >= 0.6 is 0 Å². The van der Waals surface area contributed by atoms with E-state index < -0.39 is 12.0 Å². The minimum Gasteiger partial charge on any atom is -0.478 e. The first-order valence-corrected chi connectivity index (χ1v) is 6.38. The first-order chi connectivity index (χ1) is 9.90. The van der Waals surface area contributed by atoms with Crippen molar-refractivity contribution in [1.29, 1.82) is 5.41 Å². The van der Waals surface area contributed by atoms with Gasteiger partial charge in [-0.1, -0.05) is 0 Å². The molecule has 1 aromatic carbocycles. The molecule has 0 aliphatic heterocycles. The Morgan fingerprint density at radius 2 is 1.90 bits per heavy atom. The van der Waals surface area contributed by atoms with E-state index in [-0.39, 0.29) is 17.4 Å². The zero-order valence-corrected chi connectivity index (χ0v) is 11.4. The zero-order valence-electron chi connectivity index (χ0n) is 11.4. The Balaban J connectivity index is 2.41. The minimum absolute atomic E-state index is 0.119. The van der Waals surface area contributed by atoms with Gasteiger partial charge in [0, 0.05) is 12.2 Å². The molecule has 8 nitrogen and oxygen atoms in total. The SMILES string of the molecule is N=C(N)NCCC[C@H](N)C(=O)Nc1ccc(C(=O)O)cc1. The average Bonchev–Trinajstić information content (AvgIpc) is 2.43. The molecule has 0 aliphatic carbocycles. The van der Waals surface area contributed by atoms with Gasteiger partial charge in [-0.3, -0.25) is 10.2 Å². The predicted octanol–water partition coefficient (Wildman–Crippen LogP) is -0.0861. The molecule has 0 aromatic heterocycles. The molecule has 0 heterocycles. The fraction of sp³-hybridized carbons (Fsp3) is 0.308.